The van der Waals surface area contributed by atoms with Crippen LogP contribution in [0.4, 0.5) is 0 Å². The molecular formula is C17H22N2O2. The number of aromatic nitrogens is 1. The monoisotopic (exact) mass is 286 g/mol. The minimum atomic E-state index is -0.196. The van der Waals surface area contributed by atoms with Crippen LogP contribution < -0.4 is 5.32 Å². The first-order chi connectivity index (χ1) is 10.3. The van der Waals surface area contributed by atoms with Crippen molar-refractivity contribution >= 4 is 5.91 Å². The van der Waals surface area contributed by atoms with Gasteiger partial charge in [0.25, 0.3) is 5.91 Å². The van der Waals surface area contributed by atoms with Crippen molar-refractivity contribution in [3.05, 3.63) is 29.6 Å². The molecule has 0 radical (unpaired) electrons. The maximum absolute atomic E-state index is 12.3. The molecule has 0 unspecified atom stereocenters. The summed E-state index contributed by atoms with van der Waals surface area (Å²) in [6.07, 6.45) is 11.5. The predicted octanol–water partition coefficient (Wildman–Crippen LogP) is 2.27. The molecule has 1 aliphatic rings. The Morgan fingerprint density at radius 3 is 2.67 bits per heavy atom. The van der Waals surface area contributed by atoms with E-state index >= 15 is 0 Å². The first kappa shape index (κ1) is 15.5. The van der Waals surface area contributed by atoms with Gasteiger partial charge in [0.1, 0.15) is 6.61 Å². The quantitative estimate of drug-likeness (QED) is 0.820. The smallest absolute Gasteiger partial charge is 0.253 e. The summed E-state index contributed by atoms with van der Waals surface area (Å²) in [7, 11) is 0. The zero-order valence-electron chi connectivity index (χ0n) is 12.3. The topological polar surface area (TPSA) is 62.2 Å². The summed E-state index contributed by atoms with van der Waals surface area (Å²) in [4.78, 5) is 16.3. The Hall–Kier alpha value is -1.86. The molecule has 0 atom stereocenters. The van der Waals surface area contributed by atoms with E-state index in [4.69, 9.17) is 5.11 Å². The van der Waals surface area contributed by atoms with Crippen LogP contribution >= 0.6 is 0 Å². The molecular weight excluding hydrogens is 264 g/mol. The summed E-state index contributed by atoms with van der Waals surface area (Å²) in [5, 5.41) is 11.8. The van der Waals surface area contributed by atoms with Crippen LogP contribution in [0.3, 0.4) is 0 Å². The van der Waals surface area contributed by atoms with Gasteiger partial charge in [0, 0.05) is 24.0 Å². The summed E-state index contributed by atoms with van der Waals surface area (Å²) in [6, 6.07) is 1.98. The first-order valence-corrected chi connectivity index (χ1v) is 7.65. The van der Waals surface area contributed by atoms with Gasteiger partial charge in [0.2, 0.25) is 0 Å². The third kappa shape index (κ3) is 5.20. The summed E-state index contributed by atoms with van der Waals surface area (Å²) in [6.45, 7) is -0.196. The summed E-state index contributed by atoms with van der Waals surface area (Å²) >= 11 is 0. The van der Waals surface area contributed by atoms with Gasteiger partial charge in [-0.15, -0.1) is 0 Å². The second-order valence-electron chi connectivity index (χ2n) is 5.44. The molecule has 4 heteroatoms. The summed E-state index contributed by atoms with van der Waals surface area (Å²) in [5.41, 5.74) is 1.18. The largest absolute Gasteiger partial charge is 0.384 e. The molecule has 0 bridgehead atoms. The Bertz CT molecular complexity index is 523. The highest BCUT2D eigenvalue weighted by Crippen LogP contribution is 2.17. The van der Waals surface area contributed by atoms with Gasteiger partial charge in [-0.1, -0.05) is 43.9 Å². The normalized spacial score (nSPS) is 16.2. The number of aliphatic hydroxyl groups is 1. The van der Waals surface area contributed by atoms with Gasteiger partial charge in [0.05, 0.1) is 5.56 Å². The van der Waals surface area contributed by atoms with Crippen molar-refractivity contribution in [2.24, 2.45) is 0 Å². The van der Waals surface area contributed by atoms with E-state index in [9.17, 15) is 4.79 Å². The molecule has 1 fully saturated rings. The molecule has 1 aromatic heterocycles. The van der Waals surface area contributed by atoms with Crippen LogP contribution in [0.15, 0.2) is 18.5 Å². The second kappa shape index (κ2) is 8.43. The number of aliphatic hydroxyl groups excluding tert-OH is 1. The van der Waals surface area contributed by atoms with Gasteiger partial charge in [-0.3, -0.25) is 9.78 Å². The van der Waals surface area contributed by atoms with Gasteiger partial charge in [0.15, 0.2) is 0 Å². The molecule has 1 amide bonds. The number of hydrogen-bond acceptors (Lipinski definition) is 3. The van der Waals surface area contributed by atoms with Crippen LogP contribution in [0.2, 0.25) is 0 Å². The highest BCUT2D eigenvalue weighted by Gasteiger charge is 2.15. The average molecular weight is 286 g/mol. The maximum Gasteiger partial charge on any atom is 0.253 e. The summed E-state index contributed by atoms with van der Waals surface area (Å²) < 4.78 is 0. The molecule has 1 heterocycles. The van der Waals surface area contributed by atoms with E-state index in [2.05, 4.69) is 22.1 Å². The lowest BCUT2D eigenvalue weighted by molar-refractivity contribution is 0.0930. The van der Waals surface area contributed by atoms with Crippen LogP contribution in [0.5, 0.6) is 0 Å². The first-order valence-electron chi connectivity index (χ1n) is 7.65. The van der Waals surface area contributed by atoms with E-state index in [0.29, 0.717) is 11.1 Å². The molecule has 21 heavy (non-hydrogen) atoms. The Labute approximate surface area is 126 Å². The summed E-state index contributed by atoms with van der Waals surface area (Å²) in [5.74, 6) is 5.25. The standard InChI is InChI=1S/C17H22N2O2/c20-10-6-7-14-11-15(13-18-12-14)17(21)19-16-8-4-2-1-3-5-9-16/h11-13,16,20H,1-5,8-10H2,(H,19,21). The van der Waals surface area contributed by atoms with Crippen LogP contribution in [0, 0.1) is 11.8 Å². The van der Waals surface area contributed by atoms with E-state index in [1.54, 1.807) is 18.5 Å². The molecule has 2 N–H and O–H groups in total. The SMILES string of the molecule is O=C(NC1CCCCCCC1)c1cncc(C#CCO)c1. The highest BCUT2D eigenvalue weighted by atomic mass is 16.2. The van der Waals surface area contributed by atoms with Crippen molar-refractivity contribution in [3.8, 4) is 11.8 Å². The molecule has 0 saturated heterocycles. The van der Waals surface area contributed by atoms with E-state index < -0.39 is 0 Å². The average Bonchev–Trinajstić information content (AvgIpc) is 2.48. The van der Waals surface area contributed by atoms with Gasteiger partial charge in [-0.25, -0.2) is 0 Å². The van der Waals surface area contributed by atoms with Crippen LogP contribution in [0.1, 0.15) is 60.9 Å². The molecule has 4 nitrogen and oxygen atoms in total. The number of nitrogens with zero attached hydrogens (tertiary/aromatic N) is 1. The lowest BCUT2D eigenvalue weighted by Gasteiger charge is -2.21. The molecule has 112 valence electrons. The Balaban J connectivity index is 1.98. The van der Waals surface area contributed by atoms with Crippen LogP contribution in [0.25, 0.3) is 0 Å². The van der Waals surface area contributed by atoms with Gasteiger partial charge in [-0.05, 0) is 18.9 Å². The number of pyridine rings is 1. The Kier molecular flexibility index (Phi) is 6.23. The highest BCUT2D eigenvalue weighted by molar-refractivity contribution is 5.94. The molecule has 0 aliphatic heterocycles. The van der Waals surface area contributed by atoms with Gasteiger partial charge >= 0.3 is 0 Å². The molecule has 0 aromatic carbocycles. The number of nitrogens with one attached hydrogen (secondary N) is 1. The van der Waals surface area contributed by atoms with Crippen molar-refractivity contribution in [2.45, 2.75) is 51.0 Å². The van der Waals surface area contributed by atoms with Crippen molar-refractivity contribution in [2.75, 3.05) is 6.61 Å². The van der Waals surface area contributed by atoms with E-state index in [1.165, 1.54) is 32.1 Å². The maximum atomic E-state index is 12.3. The lowest BCUT2D eigenvalue weighted by atomic mass is 9.96. The van der Waals surface area contributed by atoms with Gasteiger partial charge in [-0.2, -0.15) is 0 Å². The van der Waals surface area contributed by atoms with E-state index in [1.807, 2.05) is 0 Å². The molecule has 1 aliphatic carbocycles. The van der Waals surface area contributed by atoms with E-state index in [-0.39, 0.29) is 18.6 Å². The third-order valence-corrected chi connectivity index (χ3v) is 3.75. The third-order valence-electron chi connectivity index (χ3n) is 3.75. The minimum absolute atomic E-state index is 0.0827. The van der Waals surface area contributed by atoms with E-state index in [0.717, 1.165) is 12.8 Å². The zero-order chi connectivity index (χ0) is 14.9. The number of hydrogen-bond donors (Lipinski definition) is 2. The molecule has 1 saturated carbocycles. The number of rotatable bonds is 2. The van der Waals surface area contributed by atoms with Crippen LogP contribution in [-0.2, 0) is 0 Å². The minimum Gasteiger partial charge on any atom is -0.384 e. The van der Waals surface area contributed by atoms with Gasteiger partial charge < -0.3 is 10.4 Å². The molecule has 0 spiro atoms. The lowest BCUT2D eigenvalue weighted by Crippen LogP contribution is -2.35. The Morgan fingerprint density at radius 1 is 1.24 bits per heavy atom. The van der Waals surface area contributed by atoms with Crippen molar-refractivity contribution < 1.29 is 9.90 Å². The Morgan fingerprint density at radius 2 is 1.95 bits per heavy atom. The number of carbonyl (C=O) groups excluding carboxylic acids is 1. The fourth-order valence-electron chi connectivity index (χ4n) is 2.64. The fourth-order valence-corrected chi connectivity index (χ4v) is 2.64. The number of amides is 1. The molecule has 1 aromatic rings. The second-order valence-corrected chi connectivity index (χ2v) is 5.44. The van der Waals surface area contributed by atoms with Crippen molar-refractivity contribution in [1.82, 2.24) is 10.3 Å². The van der Waals surface area contributed by atoms with Crippen molar-refractivity contribution in [1.29, 1.82) is 0 Å². The molecule has 2 rings (SSSR count). The van der Waals surface area contributed by atoms with Crippen LogP contribution in [-0.4, -0.2) is 28.6 Å². The number of carbonyl (C=O) groups is 1. The fraction of sp³-hybridized carbons (Fsp3) is 0.529. The predicted molar refractivity (Wildman–Crippen MR) is 81.8 cm³/mol. The van der Waals surface area contributed by atoms with Crippen molar-refractivity contribution in [3.63, 3.8) is 0 Å². The zero-order valence-corrected chi connectivity index (χ0v) is 12.3.